The lowest BCUT2D eigenvalue weighted by molar-refractivity contribution is -0.684. The number of nitrogens with one attached hydrogen (secondary N) is 2. The summed E-state index contributed by atoms with van der Waals surface area (Å²) in [7, 11) is 0. The summed E-state index contributed by atoms with van der Waals surface area (Å²) >= 11 is 0. The van der Waals surface area contributed by atoms with E-state index >= 15 is 0 Å². The number of hydrogen-bond acceptors (Lipinski definition) is 3. The monoisotopic (exact) mass is 297 g/mol. The summed E-state index contributed by atoms with van der Waals surface area (Å²) in [6, 6.07) is 13.8. The van der Waals surface area contributed by atoms with Gasteiger partial charge >= 0.3 is 0 Å². The molecule has 114 valence electrons. The highest BCUT2D eigenvalue weighted by molar-refractivity contribution is 5.93. The minimum absolute atomic E-state index is 0.0150. The summed E-state index contributed by atoms with van der Waals surface area (Å²) in [5.74, 6) is -0.0150. The molecule has 0 radical (unpaired) electrons. The van der Waals surface area contributed by atoms with Gasteiger partial charge in [0, 0.05) is 38.3 Å². The van der Waals surface area contributed by atoms with Gasteiger partial charge in [0.25, 0.3) is 5.91 Å². The van der Waals surface area contributed by atoms with Crippen LogP contribution >= 0.6 is 0 Å². The van der Waals surface area contributed by atoms with E-state index in [1.165, 1.54) is 0 Å². The van der Waals surface area contributed by atoms with E-state index in [-0.39, 0.29) is 5.91 Å². The second kappa shape index (κ2) is 7.04. The smallest absolute Gasteiger partial charge is 0.290 e. The summed E-state index contributed by atoms with van der Waals surface area (Å²) in [6.07, 6.45) is 3.78. The molecule has 0 aliphatic carbocycles. The first-order chi connectivity index (χ1) is 10.8. The highest BCUT2D eigenvalue weighted by Gasteiger charge is 2.16. The van der Waals surface area contributed by atoms with Crippen LogP contribution in [-0.4, -0.2) is 32.1 Å². The lowest BCUT2D eigenvalue weighted by Crippen LogP contribution is -2.44. The molecule has 1 aromatic heterocycles. The molecule has 0 saturated carbocycles. The number of nitrogens with zero attached hydrogens (tertiary/aromatic N) is 2. The van der Waals surface area contributed by atoms with Gasteiger partial charge in [-0.2, -0.15) is 4.57 Å². The first kappa shape index (κ1) is 14.5. The van der Waals surface area contributed by atoms with Crippen LogP contribution in [-0.2, 0) is 11.3 Å². The SMILES string of the molecule is O=C(C[n+]1ccccc1)Nc1ccccc1N1CCNCC1. The zero-order valence-corrected chi connectivity index (χ0v) is 12.5. The summed E-state index contributed by atoms with van der Waals surface area (Å²) in [5.41, 5.74) is 1.97. The molecule has 2 N–H and O–H groups in total. The standard InChI is InChI=1S/C17H20N4O/c22-17(14-20-10-4-1-5-11-20)19-15-6-2-3-7-16(15)21-12-8-18-9-13-21/h1-7,10-11,18H,8-9,12-14H2/p+1. The highest BCUT2D eigenvalue weighted by Crippen LogP contribution is 2.25. The van der Waals surface area contributed by atoms with E-state index in [0.29, 0.717) is 6.54 Å². The minimum Gasteiger partial charge on any atom is -0.367 e. The quantitative estimate of drug-likeness (QED) is 0.829. The number of para-hydroxylation sites is 2. The van der Waals surface area contributed by atoms with Gasteiger partial charge in [0.2, 0.25) is 6.54 Å². The molecule has 0 atom stereocenters. The summed E-state index contributed by atoms with van der Waals surface area (Å²) in [4.78, 5) is 14.6. The molecular formula is C17H21N4O+. The fourth-order valence-corrected chi connectivity index (χ4v) is 2.66. The molecule has 1 fully saturated rings. The minimum atomic E-state index is -0.0150. The molecule has 5 heteroatoms. The Morgan fingerprint density at radius 2 is 1.82 bits per heavy atom. The van der Waals surface area contributed by atoms with E-state index in [2.05, 4.69) is 21.6 Å². The zero-order valence-electron chi connectivity index (χ0n) is 12.5. The van der Waals surface area contributed by atoms with E-state index < -0.39 is 0 Å². The van der Waals surface area contributed by atoms with Crippen molar-refractivity contribution >= 4 is 17.3 Å². The maximum absolute atomic E-state index is 12.3. The number of amides is 1. The van der Waals surface area contributed by atoms with Crippen LogP contribution in [0.4, 0.5) is 11.4 Å². The topological polar surface area (TPSA) is 48.2 Å². The number of anilines is 2. The van der Waals surface area contributed by atoms with Crippen LogP contribution in [0.2, 0.25) is 0 Å². The van der Waals surface area contributed by atoms with Gasteiger partial charge in [-0.1, -0.05) is 18.2 Å². The van der Waals surface area contributed by atoms with Crippen molar-refractivity contribution in [3.63, 3.8) is 0 Å². The van der Waals surface area contributed by atoms with Crippen LogP contribution in [0.25, 0.3) is 0 Å². The van der Waals surface area contributed by atoms with Gasteiger partial charge in [-0.15, -0.1) is 0 Å². The van der Waals surface area contributed by atoms with E-state index in [0.717, 1.165) is 37.6 Å². The van der Waals surface area contributed by atoms with Crippen LogP contribution < -0.4 is 20.1 Å². The molecule has 0 bridgehead atoms. The first-order valence-corrected chi connectivity index (χ1v) is 7.61. The Bertz CT molecular complexity index is 624. The number of pyridine rings is 1. The molecule has 2 aromatic rings. The van der Waals surface area contributed by atoms with Crippen molar-refractivity contribution in [1.82, 2.24) is 5.32 Å². The molecule has 1 aliphatic rings. The van der Waals surface area contributed by atoms with Gasteiger partial charge in [0.05, 0.1) is 11.4 Å². The molecule has 0 spiro atoms. The van der Waals surface area contributed by atoms with Crippen LogP contribution in [0.5, 0.6) is 0 Å². The maximum atomic E-state index is 12.3. The maximum Gasteiger partial charge on any atom is 0.290 e. The van der Waals surface area contributed by atoms with Crippen molar-refractivity contribution in [2.45, 2.75) is 6.54 Å². The molecule has 0 unspecified atom stereocenters. The summed E-state index contributed by atoms with van der Waals surface area (Å²) < 4.78 is 1.86. The number of carbonyl (C=O) groups excluding carboxylic acids is 1. The van der Waals surface area contributed by atoms with Crippen LogP contribution in [0, 0.1) is 0 Å². The average Bonchev–Trinajstić information content (AvgIpc) is 2.57. The van der Waals surface area contributed by atoms with Crippen molar-refractivity contribution in [2.75, 3.05) is 36.4 Å². The molecule has 1 aromatic carbocycles. The molecule has 5 nitrogen and oxygen atoms in total. The molecule has 2 heterocycles. The Morgan fingerprint density at radius 1 is 1.09 bits per heavy atom. The molecule has 3 rings (SSSR count). The molecule has 1 saturated heterocycles. The van der Waals surface area contributed by atoms with Crippen LogP contribution in [0.1, 0.15) is 0 Å². The second-order valence-electron chi connectivity index (χ2n) is 5.35. The van der Waals surface area contributed by atoms with Crippen molar-refractivity contribution in [3.05, 3.63) is 54.9 Å². The van der Waals surface area contributed by atoms with E-state index in [4.69, 9.17) is 0 Å². The predicted octanol–water partition coefficient (Wildman–Crippen LogP) is 1.02. The Kier molecular flexibility index (Phi) is 4.65. The van der Waals surface area contributed by atoms with Crippen molar-refractivity contribution in [3.8, 4) is 0 Å². The largest absolute Gasteiger partial charge is 0.367 e. The Balaban J connectivity index is 1.70. The molecule has 1 amide bonds. The summed E-state index contributed by atoms with van der Waals surface area (Å²) in [6.45, 7) is 4.18. The number of piperazine rings is 1. The Labute approximate surface area is 130 Å². The van der Waals surface area contributed by atoms with Crippen molar-refractivity contribution in [1.29, 1.82) is 0 Å². The lowest BCUT2D eigenvalue weighted by Gasteiger charge is -2.31. The second-order valence-corrected chi connectivity index (χ2v) is 5.35. The van der Waals surface area contributed by atoms with Gasteiger partial charge in [-0.05, 0) is 12.1 Å². The number of rotatable bonds is 4. The fraction of sp³-hybridized carbons (Fsp3) is 0.294. The predicted molar refractivity (Wildman–Crippen MR) is 86.8 cm³/mol. The summed E-state index contributed by atoms with van der Waals surface area (Å²) in [5, 5.41) is 6.38. The third-order valence-corrected chi connectivity index (χ3v) is 3.74. The normalized spacial score (nSPS) is 14.6. The fourth-order valence-electron chi connectivity index (χ4n) is 2.66. The first-order valence-electron chi connectivity index (χ1n) is 7.61. The van der Waals surface area contributed by atoms with Gasteiger partial charge in [-0.25, -0.2) is 0 Å². The van der Waals surface area contributed by atoms with E-state index in [1.807, 2.05) is 53.4 Å². The van der Waals surface area contributed by atoms with Crippen LogP contribution in [0.3, 0.4) is 0 Å². The molecule has 1 aliphatic heterocycles. The number of benzene rings is 1. The highest BCUT2D eigenvalue weighted by atomic mass is 16.1. The van der Waals surface area contributed by atoms with Gasteiger partial charge < -0.3 is 15.5 Å². The molecular weight excluding hydrogens is 276 g/mol. The Hall–Kier alpha value is -2.40. The number of aromatic nitrogens is 1. The third-order valence-electron chi connectivity index (χ3n) is 3.74. The van der Waals surface area contributed by atoms with Gasteiger partial charge in [0.15, 0.2) is 12.4 Å². The third kappa shape index (κ3) is 3.62. The van der Waals surface area contributed by atoms with Crippen molar-refractivity contribution in [2.24, 2.45) is 0 Å². The van der Waals surface area contributed by atoms with E-state index in [9.17, 15) is 4.79 Å². The van der Waals surface area contributed by atoms with Crippen LogP contribution in [0.15, 0.2) is 54.9 Å². The van der Waals surface area contributed by atoms with E-state index in [1.54, 1.807) is 0 Å². The number of hydrogen-bond donors (Lipinski definition) is 2. The number of carbonyl (C=O) groups is 1. The van der Waals surface area contributed by atoms with Crippen molar-refractivity contribution < 1.29 is 9.36 Å². The molecule has 22 heavy (non-hydrogen) atoms. The Morgan fingerprint density at radius 3 is 2.59 bits per heavy atom. The van der Waals surface area contributed by atoms with Gasteiger partial charge in [0.1, 0.15) is 0 Å². The lowest BCUT2D eigenvalue weighted by atomic mass is 10.2. The average molecular weight is 297 g/mol. The van der Waals surface area contributed by atoms with Gasteiger partial charge in [-0.3, -0.25) is 4.79 Å². The zero-order chi connectivity index (χ0) is 15.2.